The lowest BCUT2D eigenvalue weighted by Gasteiger charge is -1.87. The van der Waals surface area contributed by atoms with Gasteiger partial charge < -0.3 is 10.7 Å². The predicted octanol–water partition coefficient (Wildman–Crippen LogP) is 0.413. The van der Waals surface area contributed by atoms with Gasteiger partial charge in [-0.1, -0.05) is 0 Å². The molecule has 0 atom stereocenters. The Bertz CT molecular complexity index is 343. The van der Waals surface area contributed by atoms with Crippen molar-refractivity contribution < 1.29 is 9.85 Å². The zero-order chi connectivity index (χ0) is 9.30. The van der Waals surface area contributed by atoms with E-state index in [-0.39, 0.29) is 5.82 Å². The number of aromatic nitrogens is 1. The van der Waals surface area contributed by atoms with Gasteiger partial charge >= 0.3 is 11.4 Å². The maximum absolute atomic E-state index is 10.2. The SMILES string of the molecule is Nc1[nH]cc([N+](=O)[O-])c1[N+](=O)[O-]. The number of anilines is 1. The molecular weight excluding hydrogens is 168 g/mol. The van der Waals surface area contributed by atoms with E-state index < -0.39 is 21.2 Å². The molecule has 0 fully saturated rings. The highest BCUT2D eigenvalue weighted by Crippen LogP contribution is 2.31. The lowest BCUT2D eigenvalue weighted by atomic mass is 10.4. The minimum atomic E-state index is -0.899. The van der Waals surface area contributed by atoms with Crippen molar-refractivity contribution in [2.45, 2.75) is 0 Å². The van der Waals surface area contributed by atoms with Gasteiger partial charge in [-0.15, -0.1) is 0 Å². The molecule has 3 N–H and O–H groups in total. The third kappa shape index (κ3) is 1.05. The Morgan fingerprint density at radius 3 is 2.25 bits per heavy atom. The maximum Gasteiger partial charge on any atom is 0.387 e. The standard InChI is InChI=1S/C4H4N4O4/c5-4-3(8(11)12)2(1-6-4)7(9)10/h1,6H,5H2. The molecule has 0 saturated carbocycles. The van der Waals surface area contributed by atoms with Gasteiger partial charge in [-0.05, 0) is 0 Å². The second-order valence-corrected chi connectivity index (χ2v) is 1.95. The largest absolute Gasteiger partial charge is 0.387 e. The van der Waals surface area contributed by atoms with Gasteiger partial charge in [0.2, 0.25) is 0 Å². The normalized spacial score (nSPS) is 9.67. The van der Waals surface area contributed by atoms with Gasteiger partial charge in [0.1, 0.15) is 0 Å². The van der Waals surface area contributed by atoms with Crippen LogP contribution in [0.15, 0.2) is 6.20 Å². The first-order valence-corrected chi connectivity index (χ1v) is 2.79. The van der Waals surface area contributed by atoms with Crippen molar-refractivity contribution in [3.63, 3.8) is 0 Å². The first kappa shape index (κ1) is 7.98. The van der Waals surface area contributed by atoms with Crippen molar-refractivity contribution in [1.82, 2.24) is 4.98 Å². The zero-order valence-corrected chi connectivity index (χ0v) is 5.68. The van der Waals surface area contributed by atoms with Crippen LogP contribution in [0.4, 0.5) is 17.2 Å². The molecule has 1 heterocycles. The molecule has 0 amide bonds. The van der Waals surface area contributed by atoms with Gasteiger partial charge in [0.15, 0.2) is 5.82 Å². The fourth-order valence-corrected chi connectivity index (χ4v) is 0.752. The summed E-state index contributed by atoms with van der Waals surface area (Å²) in [5.74, 6) is -0.313. The van der Waals surface area contributed by atoms with E-state index in [9.17, 15) is 20.2 Å². The molecule has 1 rings (SSSR count). The summed E-state index contributed by atoms with van der Waals surface area (Å²) in [6, 6.07) is 0. The number of hydrogen-bond acceptors (Lipinski definition) is 5. The van der Waals surface area contributed by atoms with E-state index in [2.05, 4.69) is 4.98 Å². The Morgan fingerprint density at radius 2 is 1.92 bits per heavy atom. The fraction of sp³-hybridized carbons (Fsp3) is 0. The average Bonchev–Trinajstić information content (AvgIpc) is 2.30. The molecule has 8 heteroatoms. The summed E-state index contributed by atoms with van der Waals surface area (Å²) in [6.07, 6.45) is 0.882. The number of nitrogens with one attached hydrogen (secondary N) is 1. The van der Waals surface area contributed by atoms with Crippen LogP contribution in [0.1, 0.15) is 0 Å². The summed E-state index contributed by atoms with van der Waals surface area (Å²) in [5, 5.41) is 20.4. The molecule has 0 spiro atoms. The van der Waals surface area contributed by atoms with Crippen molar-refractivity contribution in [2.24, 2.45) is 0 Å². The molecule has 0 aliphatic rings. The topological polar surface area (TPSA) is 128 Å². The van der Waals surface area contributed by atoms with Crippen LogP contribution in [0.5, 0.6) is 0 Å². The number of nitrogens with two attached hydrogens (primary N) is 1. The summed E-state index contributed by atoms with van der Waals surface area (Å²) < 4.78 is 0. The number of nitrogen functional groups attached to an aromatic ring is 1. The summed E-state index contributed by atoms with van der Waals surface area (Å²) in [7, 11) is 0. The molecule has 1 aromatic heterocycles. The van der Waals surface area contributed by atoms with Crippen LogP contribution in [0, 0.1) is 20.2 Å². The second kappa shape index (κ2) is 2.49. The monoisotopic (exact) mass is 172 g/mol. The molecule has 0 aromatic carbocycles. The third-order valence-electron chi connectivity index (χ3n) is 1.24. The van der Waals surface area contributed by atoms with Crippen LogP contribution in [-0.4, -0.2) is 14.8 Å². The van der Waals surface area contributed by atoms with Crippen LogP contribution in [0.2, 0.25) is 0 Å². The fourth-order valence-electron chi connectivity index (χ4n) is 0.752. The number of rotatable bonds is 2. The van der Waals surface area contributed by atoms with E-state index in [0.717, 1.165) is 6.20 Å². The first-order valence-electron chi connectivity index (χ1n) is 2.79. The lowest BCUT2D eigenvalue weighted by Crippen LogP contribution is -1.96. The van der Waals surface area contributed by atoms with Gasteiger partial charge in [0.05, 0.1) is 16.0 Å². The number of nitro groups is 2. The van der Waals surface area contributed by atoms with Gasteiger partial charge in [0.25, 0.3) is 0 Å². The van der Waals surface area contributed by atoms with Crippen molar-refractivity contribution in [3.8, 4) is 0 Å². The number of aromatic amines is 1. The van der Waals surface area contributed by atoms with Crippen LogP contribution < -0.4 is 5.73 Å². The van der Waals surface area contributed by atoms with E-state index in [1.807, 2.05) is 0 Å². The lowest BCUT2D eigenvalue weighted by molar-refractivity contribution is -0.421. The summed E-state index contributed by atoms with van der Waals surface area (Å²) >= 11 is 0. The smallest absolute Gasteiger partial charge is 0.379 e. The molecule has 0 radical (unpaired) electrons. The Kier molecular flexibility index (Phi) is 1.66. The first-order chi connectivity index (χ1) is 5.54. The maximum atomic E-state index is 10.2. The van der Waals surface area contributed by atoms with Gasteiger partial charge in [-0.25, -0.2) is 0 Å². The van der Waals surface area contributed by atoms with Crippen molar-refractivity contribution in [3.05, 3.63) is 26.4 Å². The average molecular weight is 172 g/mol. The predicted molar refractivity (Wildman–Crippen MR) is 38.5 cm³/mol. The van der Waals surface area contributed by atoms with Crippen molar-refractivity contribution >= 4 is 17.2 Å². The Morgan fingerprint density at radius 1 is 1.33 bits per heavy atom. The molecule has 0 aliphatic heterocycles. The number of nitrogens with zero attached hydrogens (tertiary/aromatic N) is 2. The molecule has 8 nitrogen and oxygen atoms in total. The van der Waals surface area contributed by atoms with E-state index in [4.69, 9.17) is 5.73 Å². The van der Waals surface area contributed by atoms with Gasteiger partial charge in [-0.3, -0.25) is 20.2 Å². The van der Waals surface area contributed by atoms with Crippen LogP contribution >= 0.6 is 0 Å². The number of hydrogen-bond donors (Lipinski definition) is 2. The quantitative estimate of drug-likeness (QED) is 0.493. The Hall–Kier alpha value is -2.12. The minimum Gasteiger partial charge on any atom is -0.379 e. The Balaban J connectivity index is 3.31. The van der Waals surface area contributed by atoms with Crippen molar-refractivity contribution in [2.75, 3.05) is 5.73 Å². The molecule has 0 saturated heterocycles. The molecule has 0 bridgehead atoms. The molecule has 0 unspecified atom stereocenters. The summed E-state index contributed by atoms with van der Waals surface area (Å²) in [4.78, 5) is 20.8. The molecule has 64 valence electrons. The van der Waals surface area contributed by atoms with Gasteiger partial charge in [-0.2, -0.15) is 0 Å². The van der Waals surface area contributed by atoms with Gasteiger partial charge in [0, 0.05) is 0 Å². The molecular formula is C4H4N4O4. The second-order valence-electron chi connectivity index (χ2n) is 1.95. The van der Waals surface area contributed by atoms with E-state index in [0.29, 0.717) is 0 Å². The highest BCUT2D eigenvalue weighted by Gasteiger charge is 2.29. The van der Waals surface area contributed by atoms with E-state index >= 15 is 0 Å². The highest BCUT2D eigenvalue weighted by atomic mass is 16.6. The molecule has 1 aromatic rings. The highest BCUT2D eigenvalue weighted by molar-refractivity contribution is 5.66. The van der Waals surface area contributed by atoms with E-state index in [1.165, 1.54) is 0 Å². The van der Waals surface area contributed by atoms with Crippen LogP contribution in [-0.2, 0) is 0 Å². The Labute approximate surface area is 65.3 Å². The minimum absolute atomic E-state index is 0.313. The molecule has 0 aliphatic carbocycles. The van der Waals surface area contributed by atoms with Crippen molar-refractivity contribution in [1.29, 1.82) is 0 Å². The third-order valence-corrected chi connectivity index (χ3v) is 1.24. The van der Waals surface area contributed by atoms with E-state index in [1.54, 1.807) is 0 Å². The summed E-state index contributed by atoms with van der Waals surface area (Å²) in [5.41, 5.74) is 3.76. The van der Waals surface area contributed by atoms with Crippen LogP contribution in [0.25, 0.3) is 0 Å². The summed E-state index contributed by atoms with van der Waals surface area (Å²) in [6.45, 7) is 0. The van der Waals surface area contributed by atoms with Crippen LogP contribution in [0.3, 0.4) is 0 Å². The molecule has 12 heavy (non-hydrogen) atoms. The zero-order valence-electron chi connectivity index (χ0n) is 5.68. The number of H-pyrrole nitrogens is 1.